The molecule has 9 nitrogen and oxygen atoms in total. The summed E-state index contributed by atoms with van der Waals surface area (Å²) in [7, 11) is 0. The number of hydrogen-bond donors (Lipinski definition) is 4. The van der Waals surface area contributed by atoms with Crippen LogP contribution in [0.2, 0.25) is 0 Å². The molecule has 154 valence electrons. The van der Waals surface area contributed by atoms with Gasteiger partial charge in [0.2, 0.25) is 5.91 Å². The summed E-state index contributed by atoms with van der Waals surface area (Å²) in [6, 6.07) is 6.62. The van der Waals surface area contributed by atoms with Gasteiger partial charge in [0, 0.05) is 6.42 Å². The topological polar surface area (TPSA) is 142 Å². The van der Waals surface area contributed by atoms with Crippen molar-refractivity contribution in [2.75, 3.05) is 0 Å². The molecule has 0 spiro atoms. The second-order valence-corrected chi connectivity index (χ2v) is 6.40. The van der Waals surface area contributed by atoms with Gasteiger partial charge in [-0.05, 0) is 17.9 Å². The Labute approximate surface area is 163 Å². The molecule has 0 aliphatic heterocycles. The van der Waals surface area contributed by atoms with Gasteiger partial charge in [0.15, 0.2) is 0 Å². The Morgan fingerprint density at radius 2 is 1.71 bits per heavy atom. The first-order valence-corrected chi connectivity index (χ1v) is 8.96. The van der Waals surface area contributed by atoms with E-state index in [1.165, 1.54) is 0 Å². The van der Waals surface area contributed by atoms with E-state index in [9.17, 15) is 24.3 Å². The quantitative estimate of drug-likeness (QED) is 0.448. The summed E-state index contributed by atoms with van der Waals surface area (Å²) in [5.74, 6) is -3.51. The van der Waals surface area contributed by atoms with Crippen LogP contribution in [0.5, 0.6) is 0 Å². The van der Waals surface area contributed by atoms with Crippen LogP contribution in [0, 0.1) is 5.92 Å². The molecule has 4 N–H and O–H groups in total. The summed E-state index contributed by atoms with van der Waals surface area (Å²) in [6.45, 7) is 3.58. The third kappa shape index (κ3) is 8.07. The average molecular weight is 394 g/mol. The number of carboxylic acids is 2. The van der Waals surface area contributed by atoms with Crippen molar-refractivity contribution in [3.05, 3.63) is 35.9 Å². The van der Waals surface area contributed by atoms with E-state index >= 15 is 0 Å². The molecule has 3 atom stereocenters. The minimum Gasteiger partial charge on any atom is -0.481 e. The molecule has 0 saturated carbocycles. The molecule has 0 bridgehead atoms. The van der Waals surface area contributed by atoms with E-state index < -0.39 is 42.4 Å². The average Bonchev–Trinajstić information content (AvgIpc) is 2.67. The standard InChI is InChI=1S/C19H26N2O7/c1-3-12(2)16(17(24)20-14(18(25)26)9-10-15(22)23)21-19(27)28-11-13-7-5-4-6-8-13/h4-8,12,14,16H,3,9-11H2,1-2H3,(H,20,24)(H,21,27)(H,22,23)(H,25,26). The normalized spacial score (nSPS) is 13.6. The van der Waals surface area contributed by atoms with E-state index in [2.05, 4.69) is 10.6 Å². The lowest BCUT2D eigenvalue weighted by molar-refractivity contribution is -0.143. The number of ether oxygens (including phenoxy) is 1. The lowest BCUT2D eigenvalue weighted by Crippen LogP contribution is -2.54. The molecular formula is C19H26N2O7. The molecule has 3 unspecified atom stereocenters. The monoisotopic (exact) mass is 394 g/mol. The highest BCUT2D eigenvalue weighted by molar-refractivity contribution is 5.89. The fourth-order valence-electron chi connectivity index (χ4n) is 2.38. The highest BCUT2D eigenvalue weighted by atomic mass is 16.5. The molecule has 9 heteroatoms. The van der Waals surface area contributed by atoms with Crippen LogP contribution >= 0.6 is 0 Å². The summed E-state index contributed by atoms with van der Waals surface area (Å²) in [5.41, 5.74) is 0.779. The van der Waals surface area contributed by atoms with Crippen LogP contribution in [0.1, 0.15) is 38.7 Å². The van der Waals surface area contributed by atoms with Crippen LogP contribution in [0.3, 0.4) is 0 Å². The minimum absolute atomic E-state index is 0.0257. The molecule has 0 aliphatic rings. The highest BCUT2D eigenvalue weighted by Gasteiger charge is 2.30. The van der Waals surface area contributed by atoms with Crippen molar-refractivity contribution < 1.29 is 34.1 Å². The van der Waals surface area contributed by atoms with Gasteiger partial charge in [-0.3, -0.25) is 9.59 Å². The number of carbonyl (C=O) groups excluding carboxylic acids is 2. The number of carbonyl (C=O) groups is 4. The summed E-state index contributed by atoms with van der Waals surface area (Å²) in [4.78, 5) is 46.5. The van der Waals surface area contributed by atoms with Gasteiger partial charge in [0.05, 0.1) is 0 Å². The van der Waals surface area contributed by atoms with Gasteiger partial charge in [0.1, 0.15) is 18.7 Å². The SMILES string of the molecule is CCC(C)C(NC(=O)OCc1ccccc1)C(=O)NC(CCC(=O)O)C(=O)O. The number of aliphatic carboxylic acids is 2. The molecule has 1 aromatic rings. The van der Waals surface area contributed by atoms with Crippen molar-refractivity contribution in [2.45, 2.75) is 51.8 Å². The molecule has 0 saturated heterocycles. The van der Waals surface area contributed by atoms with Gasteiger partial charge < -0.3 is 25.6 Å². The summed E-state index contributed by atoms with van der Waals surface area (Å²) in [6.07, 6.45) is -0.925. The Bertz CT molecular complexity index is 678. The predicted molar refractivity (Wildman–Crippen MR) is 99.4 cm³/mol. The van der Waals surface area contributed by atoms with E-state index in [-0.39, 0.29) is 18.9 Å². The van der Waals surface area contributed by atoms with E-state index in [1.54, 1.807) is 31.2 Å². The largest absolute Gasteiger partial charge is 0.481 e. The second kappa shape index (κ2) is 11.6. The zero-order valence-corrected chi connectivity index (χ0v) is 15.9. The fourth-order valence-corrected chi connectivity index (χ4v) is 2.38. The van der Waals surface area contributed by atoms with Crippen molar-refractivity contribution >= 4 is 23.9 Å². The Morgan fingerprint density at radius 1 is 1.07 bits per heavy atom. The molecule has 0 fully saturated rings. The van der Waals surface area contributed by atoms with Crippen LogP contribution in [-0.4, -0.2) is 46.2 Å². The smallest absolute Gasteiger partial charge is 0.408 e. The van der Waals surface area contributed by atoms with Crippen molar-refractivity contribution in [1.29, 1.82) is 0 Å². The van der Waals surface area contributed by atoms with Crippen LogP contribution in [0.15, 0.2) is 30.3 Å². The molecule has 28 heavy (non-hydrogen) atoms. The number of hydrogen-bond acceptors (Lipinski definition) is 5. The minimum atomic E-state index is -1.36. The number of carboxylic acid groups (broad SMARTS) is 2. The molecule has 1 aromatic carbocycles. The molecular weight excluding hydrogens is 368 g/mol. The third-order valence-electron chi connectivity index (χ3n) is 4.24. The molecule has 2 amide bonds. The number of alkyl carbamates (subject to hydrolysis) is 1. The highest BCUT2D eigenvalue weighted by Crippen LogP contribution is 2.10. The van der Waals surface area contributed by atoms with E-state index in [4.69, 9.17) is 9.84 Å². The lowest BCUT2D eigenvalue weighted by atomic mass is 9.98. The Balaban J connectivity index is 2.71. The Hall–Kier alpha value is -3.10. The number of rotatable bonds is 11. The van der Waals surface area contributed by atoms with Gasteiger partial charge in [-0.2, -0.15) is 0 Å². The van der Waals surface area contributed by atoms with Gasteiger partial charge in [-0.25, -0.2) is 9.59 Å². The summed E-state index contributed by atoms with van der Waals surface area (Å²) in [5, 5.41) is 22.7. The maximum absolute atomic E-state index is 12.5. The van der Waals surface area contributed by atoms with E-state index in [1.807, 2.05) is 13.0 Å². The first-order valence-electron chi connectivity index (χ1n) is 8.96. The van der Waals surface area contributed by atoms with Gasteiger partial charge >= 0.3 is 18.0 Å². The molecule has 1 rings (SSSR count). The zero-order chi connectivity index (χ0) is 21.1. The first-order chi connectivity index (χ1) is 13.2. The zero-order valence-electron chi connectivity index (χ0n) is 15.9. The Morgan fingerprint density at radius 3 is 2.25 bits per heavy atom. The number of benzene rings is 1. The van der Waals surface area contributed by atoms with Crippen molar-refractivity contribution in [3.8, 4) is 0 Å². The lowest BCUT2D eigenvalue weighted by Gasteiger charge is -2.25. The fraction of sp³-hybridized carbons (Fsp3) is 0.474. The van der Waals surface area contributed by atoms with Gasteiger partial charge in [-0.1, -0.05) is 50.6 Å². The maximum atomic E-state index is 12.5. The molecule has 0 radical (unpaired) electrons. The maximum Gasteiger partial charge on any atom is 0.408 e. The van der Waals surface area contributed by atoms with Crippen molar-refractivity contribution in [1.82, 2.24) is 10.6 Å². The molecule has 0 aliphatic carbocycles. The Kier molecular flexibility index (Phi) is 9.49. The number of nitrogens with one attached hydrogen (secondary N) is 2. The molecule has 0 heterocycles. The van der Waals surface area contributed by atoms with Crippen molar-refractivity contribution in [3.63, 3.8) is 0 Å². The van der Waals surface area contributed by atoms with Crippen LogP contribution in [-0.2, 0) is 25.7 Å². The van der Waals surface area contributed by atoms with Crippen LogP contribution < -0.4 is 10.6 Å². The third-order valence-corrected chi connectivity index (χ3v) is 4.24. The van der Waals surface area contributed by atoms with E-state index in [0.717, 1.165) is 5.56 Å². The first kappa shape index (κ1) is 22.9. The van der Waals surface area contributed by atoms with Crippen molar-refractivity contribution in [2.24, 2.45) is 5.92 Å². The second-order valence-electron chi connectivity index (χ2n) is 6.40. The van der Waals surface area contributed by atoms with E-state index in [0.29, 0.717) is 6.42 Å². The molecule has 0 aromatic heterocycles. The van der Waals surface area contributed by atoms with Crippen LogP contribution in [0.25, 0.3) is 0 Å². The van der Waals surface area contributed by atoms with Gasteiger partial charge in [-0.15, -0.1) is 0 Å². The summed E-state index contributed by atoms with van der Waals surface area (Å²) < 4.78 is 5.11. The predicted octanol–water partition coefficient (Wildman–Crippen LogP) is 1.76. The number of amides is 2. The summed E-state index contributed by atoms with van der Waals surface area (Å²) >= 11 is 0. The van der Waals surface area contributed by atoms with Crippen LogP contribution in [0.4, 0.5) is 4.79 Å². The van der Waals surface area contributed by atoms with Gasteiger partial charge in [0.25, 0.3) is 0 Å².